The van der Waals surface area contributed by atoms with Crippen LogP contribution < -0.4 is 0 Å². The Labute approximate surface area is 95.9 Å². The molecule has 1 fully saturated rings. The van der Waals surface area contributed by atoms with E-state index in [4.69, 9.17) is 28.3 Å². The van der Waals surface area contributed by atoms with Gasteiger partial charge in [0.05, 0.1) is 5.92 Å². The van der Waals surface area contributed by atoms with Crippen LogP contribution in [0.2, 0.25) is 0 Å². The molecule has 86 valence electrons. The van der Waals surface area contributed by atoms with E-state index in [0.29, 0.717) is 0 Å². The number of hydrogen-bond acceptors (Lipinski definition) is 1. The summed E-state index contributed by atoms with van der Waals surface area (Å²) in [5, 5.41) is 8.75. The second-order valence-corrected chi connectivity index (χ2v) is 5.21. The maximum atomic E-state index is 13.4. The molecule has 1 saturated carbocycles. The number of rotatable bonds is 3. The largest absolute Gasteiger partial charge is 0.481 e. The normalized spacial score (nSPS) is 30.1. The molecule has 0 spiro atoms. The van der Waals surface area contributed by atoms with Crippen molar-refractivity contribution in [3.05, 3.63) is 11.7 Å². The van der Waals surface area contributed by atoms with Gasteiger partial charge in [-0.3, -0.25) is 4.79 Å². The maximum absolute atomic E-state index is 13.4. The number of halogens is 4. The van der Waals surface area contributed by atoms with Crippen LogP contribution in [0.5, 0.6) is 0 Å². The summed E-state index contributed by atoms with van der Waals surface area (Å²) in [5.74, 6) is -5.48. The summed E-state index contributed by atoms with van der Waals surface area (Å²) >= 11 is 10.3. The number of alkyl halides is 2. The van der Waals surface area contributed by atoms with E-state index in [2.05, 4.69) is 0 Å². The first kappa shape index (κ1) is 12.7. The summed E-state index contributed by atoms with van der Waals surface area (Å²) in [6.45, 7) is 3.11. The molecule has 0 heterocycles. The van der Waals surface area contributed by atoms with Crippen molar-refractivity contribution < 1.29 is 18.7 Å². The maximum Gasteiger partial charge on any atom is 0.307 e. The standard InChI is InChI=1S/C9H10Cl2F2O2/c1-9(2)3(4(9)8(14)15)5(12)6(13)7(10)11/h3-4,7H,1-2H3,(H,14,15)/b6-5+. The summed E-state index contributed by atoms with van der Waals surface area (Å²) in [5.41, 5.74) is -0.796. The summed E-state index contributed by atoms with van der Waals surface area (Å²) in [7, 11) is 0. The fraction of sp³-hybridized carbons (Fsp3) is 0.667. The Hall–Kier alpha value is -0.350. The van der Waals surface area contributed by atoms with Gasteiger partial charge in [0.25, 0.3) is 0 Å². The van der Waals surface area contributed by atoms with Crippen molar-refractivity contribution >= 4 is 29.2 Å². The molecular formula is C9H10Cl2F2O2. The minimum Gasteiger partial charge on any atom is -0.481 e. The van der Waals surface area contributed by atoms with Crippen LogP contribution in [0.1, 0.15) is 13.8 Å². The topological polar surface area (TPSA) is 37.3 Å². The van der Waals surface area contributed by atoms with E-state index in [0.717, 1.165) is 0 Å². The van der Waals surface area contributed by atoms with E-state index in [1.165, 1.54) is 0 Å². The van der Waals surface area contributed by atoms with Crippen LogP contribution in [0.25, 0.3) is 0 Å². The van der Waals surface area contributed by atoms with Crippen molar-refractivity contribution in [2.45, 2.75) is 18.7 Å². The van der Waals surface area contributed by atoms with E-state index in [1.54, 1.807) is 13.8 Å². The van der Waals surface area contributed by atoms with Crippen LogP contribution in [0, 0.1) is 17.3 Å². The SMILES string of the molecule is CC1(C)C(C(=O)O)C1/C(F)=C(\F)C(Cl)Cl. The Morgan fingerprint density at radius 3 is 2.07 bits per heavy atom. The van der Waals surface area contributed by atoms with Crippen molar-refractivity contribution in [3.8, 4) is 0 Å². The number of carboxylic acid groups (broad SMARTS) is 1. The lowest BCUT2D eigenvalue weighted by Crippen LogP contribution is -2.03. The molecule has 2 nitrogen and oxygen atoms in total. The molecule has 0 bridgehead atoms. The molecule has 0 amide bonds. The van der Waals surface area contributed by atoms with Gasteiger partial charge in [-0.2, -0.15) is 0 Å². The molecule has 1 rings (SSSR count). The van der Waals surface area contributed by atoms with Crippen LogP contribution in [0.15, 0.2) is 11.7 Å². The average Bonchev–Trinajstić information content (AvgIpc) is 2.66. The molecule has 0 aliphatic heterocycles. The zero-order valence-electron chi connectivity index (χ0n) is 8.10. The lowest BCUT2D eigenvalue weighted by molar-refractivity contribution is -0.139. The third-order valence-electron chi connectivity index (χ3n) is 2.79. The van der Waals surface area contributed by atoms with E-state index in [-0.39, 0.29) is 0 Å². The molecule has 2 unspecified atom stereocenters. The van der Waals surface area contributed by atoms with Gasteiger partial charge in [0, 0.05) is 5.92 Å². The van der Waals surface area contributed by atoms with Crippen LogP contribution in [-0.4, -0.2) is 15.9 Å². The molecule has 0 saturated heterocycles. The Bertz CT molecular complexity index is 326. The number of carbonyl (C=O) groups is 1. The molecule has 0 aromatic rings. The van der Waals surface area contributed by atoms with Gasteiger partial charge in [-0.15, -0.1) is 0 Å². The highest BCUT2D eigenvalue weighted by molar-refractivity contribution is 6.46. The van der Waals surface area contributed by atoms with Gasteiger partial charge in [0.1, 0.15) is 5.83 Å². The first-order valence-corrected chi connectivity index (χ1v) is 5.14. The quantitative estimate of drug-likeness (QED) is 0.789. The molecule has 2 atom stereocenters. The smallest absolute Gasteiger partial charge is 0.307 e. The van der Waals surface area contributed by atoms with Crippen molar-refractivity contribution in [2.24, 2.45) is 17.3 Å². The van der Waals surface area contributed by atoms with Crippen LogP contribution in [-0.2, 0) is 4.79 Å². The molecule has 1 aliphatic rings. The molecule has 15 heavy (non-hydrogen) atoms. The van der Waals surface area contributed by atoms with Gasteiger partial charge in [-0.05, 0) is 5.41 Å². The van der Waals surface area contributed by atoms with Crippen molar-refractivity contribution in [1.82, 2.24) is 0 Å². The summed E-state index contributed by atoms with van der Waals surface area (Å²) in [4.78, 5) is 9.12. The van der Waals surface area contributed by atoms with Crippen molar-refractivity contribution in [3.63, 3.8) is 0 Å². The molecule has 0 radical (unpaired) electrons. The lowest BCUT2D eigenvalue weighted by atomic mass is 10.1. The monoisotopic (exact) mass is 258 g/mol. The van der Waals surface area contributed by atoms with E-state index in [9.17, 15) is 13.6 Å². The first-order chi connectivity index (χ1) is 6.71. The molecule has 6 heteroatoms. The van der Waals surface area contributed by atoms with E-state index >= 15 is 0 Å². The molecule has 1 aliphatic carbocycles. The van der Waals surface area contributed by atoms with E-state index < -0.39 is 39.7 Å². The molecule has 0 aromatic heterocycles. The fourth-order valence-electron chi connectivity index (χ4n) is 1.82. The second kappa shape index (κ2) is 3.91. The second-order valence-electron chi connectivity index (χ2n) is 4.11. The summed E-state index contributed by atoms with van der Waals surface area (Å²) < 4.78 is 26.4. The summed E-state index contributed by atoms with van der Waals surface area (Å²) in [6, 6.07) is 0. The summed E-state index contributed by atoms with van der Waals surface area (Å²) in [6.07, 6.45) is 0. The predicted octanol–water partition coefficient (Wildman–Crippen LogP) is 3.30. The highest BCUT2D eigenvalue weighted by atomic mass is 35.5. The number of allylic oxidation sites excluding steroid dienone is 2. The first-order valence-electron chi connectivity index (χ1n) is 4.27. The van der Waals surface area contributed by atoms with Gasteiger partial charge in [-0.1, -0.05) is 37.0 Å². The van der Waals surface area contributed by atoms with Gasteiger partial charge in [0.15, 0.2) is 10.7 Å². The Balaban J connectivity index is 2.94. The van der Waals surface area contributed by atoms with Crippen LogP contribution >= 0.6 is 23.2 Å². The zero-order chi connectivity index (χ0) is 12.0. The van der Waals surface area contributed by atoms with Gasteiger partial charge < -0.3 is 5.11 Å². The minimum atomic E-state index is -1.59. The van der Waals surface area contributed by atoms with Gasteiger partial charge in [-0.25, -0.2) is 8.78 Å². The number of carboxylic acids is 1. The Kier molecular flexibility index (Phi) is 3.31. The van der Waals surface area contributed by atoms with Gasteiger partial charge >= 0.3 is 5.97 Å². The Morgan fingerprint density at radius 2 is 1.80 bits per heavy atom. The van der Waals surface area contributed by atoms with Gasteiger partial charge in [0.2, 0.25) is 0 Å². The van der Waals surface area contributed by atoms with Crippen LogP contribution in [0.4, 0.5) is 8.78 Å². The number of hydrogen-bond donors (Lipinski definition) is 1. The molecule has 0 aromatic carbocycles. The van der Waals surface area contributed by atoms with E-state index in [1.807, 2.05) is 0 Å². The highest BCUT2D eigenvalue weighted by Gasteiger charge is 2.65. The fourth-order valence-corrected chi connectivity index (χ4v) is 2.03. The zero-order valence-corrected chi connectivity index (χ0v) is 9.61. The Morgan fingerprint density at radius 1 is 1.33 bits per heavy atom. The number of aliphatic carboxylic acids is 1. The molecule has 1 N–H and O–H groups in total. The third kappa shape index (κ3) is 2.11. The average molecular weight is 259 g/mol. The van der Waals surface area contributed by atoms with Crippen molar-refractivity contribution in [1.29, 1.82) is 0 Å². The predicted molar refractivity (Wildman–Crippen MR) is 53.1 cm³/mol. The third-order valence-corrected chi connectivity index (χ3v) is 3.17. The lowest BCUT2D eigenvalue weighted by Gasteiger charge is -2.02. The highest BCUT2D eigenvalue weighted by Crippen LogP contribution is 2.62. The van der Waals surface area contributed by atoms with Crippen LogP contribution in [0.3, 0.4) is 0 Å². The van der Waals surface area contributed by atoms with Crippen molar-refractivity contribution in [2.75, 3.05) is 0 Å². The molecular weight excluding hydrogens is 249 g/mol. The minimum absolute atomic E-state index is 0.796.